The number of amides is 3. The van der Waals surface area contributed by atoms with Crippen LogP contribution in [0.15, 0.2) is 0 Å². The number of likely N-dealkylation sites (tertiary alicyclic amines) is 1. The molecule has 0 aliphatic carbocycles. The van der Waals surface area contributed by atoms with Crippen LogP contribution in [0.25, 0.3) is 0 Å². The van der Waals surface area contributed by atoms with E-state index in [-0.39, 0.29) is 5.91 Å². The molecule has 1 saturated heterocycles. The third kappa shape index (κ3) is 4.27. The third-order valence-electron chi connectivity index (χ3n) is 3.21. The number of nitrogens with zero attached hydrogens (tertiary/aromatic N) is 1. The van der Waals surface area contributed by atoms with E-state index in [9.17, 15) is 14.7 Å². The van der Waals surface area contributed by atoms with Gasteiger partial charge in [0.25, 0.3) is 0 Å². The highest BCUT2D eigenvalue weighted by Crippen LogP contribution is 2.21. The van der Waals surface area contributed by atoms with Gasteiger partial charge in [-0.15, -0.1) is 0 Å². The highest BCUT2D eigenvalue weighted by molar-refractivity contribution is 5.96. The van der Waals surface area contributed by atoms with Crippen LogP contribution in [0, 0.1) is 0 Å². The number of β-amino-alcohol motifs (C(OH)–C–C–N with tert-alkyl or cyclic N) is 1. The maximum absolute atomic E-state index is 11.8. The number of piperidine rings is 1. The van der Waals surface area contributed by atoms with E-state index in [0.29, 0.717) is 13.1 Å². The van der Waals surface area contributed by atoms with Gasteiger partial charge in [0.15, 0.2) is 0 Å². The summed E-state index contributed by atoms with van der Waals surface area (Å²) >= 11 is 0. The molecule has 104 valence electrons. The Hall–Kier alpha value is -1.14. The number of carbonyl (C=O) groups excluding carboxylic acids is 2. The number of nitrogens with one attached hydrogen (secondary N) is 2. The van der Waals surface area contributed by atoms with Crippen molar-refractivity contribution < 1.29 is 14.7 Å². The zero-order valence-electron chi connectivity index (χ0n) is 11.3. The molecule has 0 aromatic heterocycles. The van der Waals surface area contributed by atoms with Crippen LogP contribution in [0.1, 0.15) is 33.6 Å². The average Bonchev–Trinajstić information content (AvgIpc) is 2.26. The van der Waals surface area contributed by atoms with Crippen molar-refractivity contribution in [1.29, 1.82) is 0 Å². The van der Waals surface area contributed by atoms with Crippen LogP contribution in [0.4, 0.5) is 4.79 Å². The molecule has 18 heavy (non-hydrogen) atoms. The Bertz CT molecular complexity index is 318. The molecule has 3 N–H and O–H groups in total. The van der Waals surface area contributed by atoms with Gasteiger partial charge >= 0.3 is 6.03 Å². The Labute approximate surface area is 108 Å². The Balaban J connectivity index is 2.50. The van der Waals surface area contributed by atoms with Crippen LogP contribution in [-0.4, -0.2) is 53.2 Å². The molecule has 0 saturated carbocycles. The number of aliphatic hydroxyl groups is 1. The predicted molar refractivity (Wildman–Crippen MR) is 68.1 cm³/mol. The highest BCUT2D eigenvalue weighted by Gasteiger charge is 2.33. The summed E-state index contributed by atoms with van der Waals surface area (Å²) in [6.07, 6.45) is 1.60. The van der Waals surface area contributed by atoms with Crippen molar-refractivity contribution in [3.63, 3.8) is 0 Å². The van der Waals surface area contributed by atoms with Gasteiger partial charge in [-0.25, -0.2) is 4.79 Å². The lowest BCUT2D eigenvalue weighted by molar-refractivity contribution is -0.127. The summed E-state index contributed by atoms with van der Waals surface area (Å²) < 4.78 is 0. The zero-order chi connectivity index (χ0) is 13.8. The van der Waals surface area contributed by atoms with Crippen LogP contribution >= 0.6 is 0 Å². The minimum absolute atomic E-state index is 0.335. The molecule has 0 radical (unpaired) electrons. The van der Waals surface area contributed by atoms with E-state index in [1.54, 1.807) is 20.8 Å². The Kier molecular flexibility index (Phi) is 5.10. The van der Waals surface area contributed by atoms with Crippen molar-refractivity contribution in [2.24, 2.45) is 0 Å². The van der Waals surface area contributed by atoms with E-state index in [2.05, 4.69) is 10.6 Å². The van der Waals surface area contributed by atoms with Crippen molar-refractivity contribution in [1.82, 2.24) is 15.5 Å². The number of rotatable bonds is 3. The fourth-order valence-corrected chi connectivity index (χ4v) is 2.18. The number of imide groups is 1. The van der Waals surface area contributed by atoms with E-state index in [4.69, 9.17) is 0 Å². The lowest BCUT2D eigenvalue weighted by Crippen LogP contribution is -2.55. The molecule has 6 nitrogen and oxygen atoms in total. The van der Waals surface area contributed by atoms with E-state index >= 15 is 0 Å². The quantitative estimate of drug-likeness (QED) is 0.668. The first kappa shape index (κ1) is 14.9. The smallest absolute Gasteiger partial charge is 0.321 e. The number of urea groups is 1. The molecular weight excluding hydrogens is 234 g/mol. The zero-order valence-corrected chi connectivity index (χ0v) is 11.3. The Morgan fingerprint density at radius 2 is 2.17 bits per heavy atom. The van der Waals surface area contributed by atoms with Gasteiger partial charge in [-0.3, -0.25) is 15.0 Å². The predicted octanol–water partition coefficient (Wildman–Crippen LogP) is 0.0674. The van der Waals surface area contributed by atoms with Crippen LogP contribution in [0.3, 0.4) is 0 Å². The third-order valence-corrected chi connectivity index (χ3v) is 3.21. The maximum Gasteiger partial charge on any atom is 0.321 e. The van der Waals surface area contributed by atoms with Crippen molar-refractivity contribution >= 4 is 11.9 Å². The lowest BCUT2D eigenvalue weighted by atomic mass is 9.94. The summed E-state index contributed by atoms with van der Waals surface area (Å²) in [6.45, 7) is 7.00. The first-order chi connectivity index (χ1) is 8.35. The molecule has 0 aromatic carbocycles. The first-order valence-corrected chi connectivity index (χ1v) is 6.41. The van der Waals surface area contributed by atoms with E-state index in [0.717, 1.165) is 19.4 Å². The first-order valence-electron chi connectivity index (χ1n) is 6.41. The van der Waals surface area contributed by atoms with Gasteiger partial charge in [-0.05, 0) is 40.2 Å². The summed E-state index contributed by atoms with van der Waals surface area (Å²) in [5, 5.41) is 14.8. The summed E-state index contributed by atoms with van der Waals surface area (Å²) in [5.74, 6) is -0.335. The maximum atomic E-state index is 11.8. The minimum atomic E-state index is -0.752. The molecule has 1 aliphatic rings. The van der Waals surface area contributed by atoms with Gasteiger partial charge in [-0.2, -0.15) is 0 Å². The normalized spacial score (nSPS) is 26.4. The monoisotopic (exact) mass is 257 g/mol. The van der Waals surface area contributed by atoms with Gasteiger partial charge in [0.1, 0.15) is 0 Å². The molecule has 0 aromatic rings. The van der Waals surface area contributed by atoms with Crippen molar-refractivity contribution in [2.45, 2.75) is 45.3 Å². The second kappa shape index (κ2) is 6.15. The fourth-order valence-electron chi connectivity index (χ4n) is 2.18. The molecule has 0 spiro atoms. The Morgan fingerprint density at radius 3 is 2.72 bits per heavy atom. The van der Waals surface area contributed by atoms with Gasteiger partial charge in [-0.1, -0.05) is 0 Å². The summed E-state index contributed by atoms with van der Waals surface area (Å²) in [4.78, 5) is 25.0. The van der Waals surface area contributed by atoms with Gasteiger partial charge < -0.3 is 10.4 Å². The van der Waals surface area contributed by atoms with Crippen molar-refractivity contribution in [3.8, 4) is 0 Å². The molecule has 1 rings (SSSR count). The van der Waals surface area contributed by atoms with Crippen LogP contribution in [0.5, 0.6) is 0 Å². The summed E-state index contributed by atoms with van der Waals surface area (Å²) in [5.41, 5.74) is -0.752. The van der Waals surface area contributed by atoms with Crippen molar-refractivity contribution in [3.05, 3.63) is 0 Å². The second-order valence-corrected chi connectivity index (χ2v) is 5.10. The van der Waals surface area contributed by atoms with Crippen molar-refractivity contribution in [2.75, 3.05) is 19.6 Å². The molecule has 1 fully saturated rings. The fraction of sp³-hybridized carbons (Fsp3) is 0.833. The number of hydrogen-bond donors (Lipinski definition) is 3. The molecule has 2 atom stereocenters. The molecule has 0 bridgehead atoms. The minimum Gasteiger partial charge on any atom is -0.389 e. The largest absolute Gasteiger partial charge is 0.389 e. The van der Waals surface area contributed by atoms with E-state index < -0.39 is 17.7 Å². The molecule has 6 heteroatoms. The SMILES string of the molecule is CCNC(=O)NC(=O)C(C)N1CCCC(C)(O)C1. The second-order valence-electron chi connectivity index (χ2n) is 5.10. The van der Waals surface area contributed by atoms with Crippen LogP contribution < -0.4 is 10.6 Å². The lowest BCUT2D eigenvalue weighted by Gasteiger charge is -2.39. The van der Waals surface area contributed by atoms with E-state index in [1.807, 2.05) is 4.90 Å². The Morgan fingerprint density at radius 1 is 1.50 bits per heavy atom. The van der Waals surface area contributed by atoms with Crippen LogP contribution in [0.2, 0.25) is 0 Å². The van der Waals surface area contributed by atoms with Gasteiger partial charge in [0.05, 0.1) is 11.6 Å². The topological polar surface area (TPSA) is 81.7 Å². The molecule has 3 amide bonds. The number of carbonyl (C=O) groups is 2. The average molecular weight is 257 g/mol. The van der Waals surface area contributed by atoms with Gasteiger partial charge in [0, 0.05) is 13.1 Å². The van der Waals surface area contributed by atoms with E-state index in [1.165, 1.54) is 0 Å². The molecule has 2 unspecified atom stereocenters. The summed E-state index contributed by atoms with van der Waals surface area (Å²) in [6, 6.07) is -0.891. The highest BCUT2D eigenvalue weighted by atomic mass is 16.3. The number of hydrogen-bond acceptors (Lipinski definition) is 4. The standard InChI is InChI=1S/C12H23N3O3/c1-4-13-11(17)14-10(16)9(2)15-7-5-6-12(3,18)8-15/h9,18H,4-8H2,1-3H3,(H2,13,14,16,17). The molecule has 1 heterocycles. The molecular formula is C12H23N3O3. The summed E-state index contributed by atoms with van der Waals surface area (Å²) in [7, 11) is 0. The van der Waals surface area contributed by atoms with Crippen LogP contribution in [-0.2, 0) is 4.79 Å². The molecule has 1 aliphatic heterocycles. The van der Waals surface area contributed by atoms with Gasteiger partial charge in [0.2, 0.25) is 5.91 Å².